The normalized spacial score (nSPS) is 12.2. The molecule has 33 heavy (non-hydrogen) atoms. The maximum absolute atomic E-state index is 13.4. The van der Waals surface area contributed by atoms with E-state index in [9.17, 15) is 8.42 Å². The maximum Gasteiger partial charge on any atom is 0.206 e. The molecule has 0 amide bonds. The van der Waals surface area contributed by atoms with Gasteiger partial charge >= 0.3 is 0 Å². The SMILES string of the molecule is COCCCn1c(C)nc2cc(S(=O)(=O)c3ccc4c(c3)nc(C)n4CCCOC)ccc21. The van der Waals surface area contributed by atoms with Gasteiger partial charge < -0.3 is 18.6 Å². The summed E-state index contributed by atoms with van der Waals surface area (Å²) in [7, 11) is -0.347. The Morgan fingerprint density at radius 3 is 1.58 bits per heavy atom. The van der Waals surface area contributed by atoms with Gasteiger partial charge in [-0.25, -0.2) is 18.4 Å². The van der Waals surface area contributed by atoms with Crippen LogP contribution in [0.15, 0.2) is 46.2 Å². The number of benzene rings is 2. The average molecular weight is 471 g/mol. The van der Waals surface area contributed by atoms with Gasteiger partial charge in [0.2, 0.25) is 9.84 Å². The van der Waals surface area contributed by atoms with E-state index in [1.165, 1.54) is 0 Å². The monoisotopic (exact) mass is 470 g/mol. The number of imidazole rings is 2. The Morgan fingerprint density at radius 2 is 1.18 bits per heavy atom. The van der Waals surface area contributed by atoms with Gasteiger partial charge in [-0.05, 0) is 63.1 Å². The van der Waals surface area contributed by atoms with Crippen LogP contribution >= 0.6 is 0 Å². The van der Waals surface area contributed by atoms with Crippen LogP contribution in [0.2, 0.25) is 0 Å². The largest absolute Gasteiger partial charge is 0.385 e. The van der Waals surface area contributed by atoms with Crippen LogP contribution in [0.1, 0.15) is 24.5 Å². The van der Waals surface area contributed by atoms with E-state index in [-0.39, 0.29) is 9.79 Å². The zero-order valence-electron chi connectivity index (χ0n) is 19.5. The second kappa shape index (κ2) is 9.62. The fraction of sp³-hybridized carbons (Fsp3) is 0.417. The van der Waals surface area contributed by atoms with Gasteiger partial charge in [-0.3, -0.25) is 0 Å². The Bertz CT molecular complexity index is 1290. The van der Waals surface area contributed by atoms with E-state index < -0.39 is 9.84 Å². The Kier molecular flexibility index (Phi) is 6.83. The van der Waals surface area contributed by atoms with Gasteiger partial charge in [-0.2, -0.15) is 0 Å². The number of hydrogen-bond acceptors (Lipinski definition) is 6. The zero-order valence-corrected chi connectivity index (χ0v) is 20.4. The molecule has 2 aromatic heterocycles. The number of aryl methyl sites for hydroxylation is 4. The zero-order chi connectivity index (χ0) is 23.6. The lowest BCUT2D eigenvalue weighted by atomic mass is 10.3. The van der Waals surface area contributed by atoms with Gasteiger partial charge in [0.05, 0.1) is 31.9 Å². The molecule has 0 aliphatic rings. The van der Waals surface area contributed by atoms with Crippen molar-refractivity contribution in [1.29, 1.82) is 0 Å². The van der Waals surface area contributed by atoms with Gasteiger partial charge in [0, 0.05) is 40.5 Å². The van der Waals surface area contributed by atoms with E-state index in [4.69, 9.17) is 9.47 Å². The molecule has 2 heterocycles. The molecule has 0 aliphatic carbocycles. The van der Waals surface area contributed by atoms with Crippen LogP contribution in [-0.2, 0) is 32.4 Å². The van der Waals surface area contributed by atoms with Crippen LogP contribution in [0.3, 0.4) is 0 Å². The van der Waals surface area contributed by atoms with Crippen molar-refractivity contribution in [1.82, 2.24) is 19.1 Å². The Balaban J connectivity index is 1.67. The molecule has 0 saturated heterocycles. The van der Waals surface area contributed by atoms with Crippen LogP contribution in [-0.4, -0.2) is 55.0 Å². The first-order chi connectivity index (χ1) is 15.9. The number of sulfone groups is 1. The third kappa shape index (κ3) is 4.53. The van der Waals surface area contributed by atoms with Gasteiger partial charge in [0.25, 0.3) is 0 Å². The lowest BCUT2D eigenvalue weighted by Gasteiger charge is -2.08. The van der Waals surface area contributed by atoms with Crippen molar-refractivity contribution in [2.24, 2.45) is 0 Å². The summed E-state index contributed by atoms with van der Waals surface area (Å²) in [5.41, 5.74) is 3.18. The fourth-order valence-corrected chi connectivity index (χ4v) is 5.53. The summed E-state index contributed by atoms with van der Waals surface area (Å²) in [6.07, 6.45) is 1.72. The number of ether oxygens (including phenoxy) is 2. The number of fused-ring (bicyclic) bond motifs is 2. The number of hydrogen-bond donors (Lipinski definition) is 0. The molecule has 2 aromatic carbocycles. The van der Waals surface area contributed by atoms with Crippen molar-refractivity contribution >= 4 is 31.9 Å². The van der Waals surface area contributed by atoms with Crippen LogP contribution in [0.5, 0.6) is 0 Å². The van der Waals surface area contributed by atoms with Gasteiger partial charge in [-0.1, -0.05) is 0 Å². The van der Waals surface area contributed by atoms with E-state index in [1.807, 2.05) is 26.0 Å². The summed E-state index contributed by atoms with van der Waals surface area (Å²) in [5, 5.41) is 0. The first-order valence-corrected chi connectivity index (χ1v) is 12.5. The standard InChI is InChI=1S/C24H30N4O4S/c1-17-25-21-15-19(7-9-23(21)27(17)11-5-13-31-3)33(29,30)20-8-10-24-22(16-20)26-18(2)28(24)12-6-14-32-4/h7-10,15-16H,5-6,11-14H2,1-4H3. The van der Waals surface area contributed by atoms with Crippen LogP contribution < -0.4 is 0 Å². The number of aromatic nitrogens is 4. The second-order valence-electron chi connectivity index (χ2n) is 8.12. The molecule has 0 saturated carbocycles. The van der Waals surface area contributed by atoms with Gasteiger partial charge in [0.1, 0.15) is 11.6 Å². The van der Waals surface area contributed by atoms with E-state index >= 15 is 0 Å². The molecule has 0 N–H and O–H groups in total. The minimum atomic E-state index is -3.71. The molecular formula is C24H30N4O4S. The van der Waals surface area contributed by atoms with Crippen molar-refractivity contribution in [2.75, 3.05) is 27.4 Å². The molecule has 9 heteroatoms. The molecule has 0 fully saturated rings. The first kappa shape index (κ1) is 23.4. The third-order valence-corrected chi connectivity index (χ3v) is 7.65. The highest BCUT2D eigenvalue weighted by Crippen LogP contribution is 2.28. The molecule has 0 radical (unpaired) electrons. The molecular weight excluding hydrogens is 440 g/mol. The van der Waals surface area contributed by atoms with Crippen molar-refractivity contribution in [3.05, 3.63) is 48.0 Å². The minimum absolute atomic E-state index is 0.229. The lowest BCUT2D eigenvalue weighted by Crippen LogP contribution is -2.04. The highest BCUT2D eigenvalue weighted by atomic mass is 32.2. The predicted octanol–water partition coefficient (Wildman–Crippen LogP) is 3.91. The molecule has 4 rings (SSSR count). The second-order valence-corrected chi connectivity index (χ2v) is 10.1. The van der Waals surface area contributed by atoms with Crippen LogP contribution in [0.25, 0.3) is 22.1 Å². The van der Waals surface area contributed by atoms with Gasteiger partial charge in [0.15, 0.2) is 0 Å². The molecule has 176 valence electrons. The summed E-state index contributed by atoms with van der Waals surface area (Å²) in [6.45, 7) is 6.72. The summed E-state index contributed by atoms with van der Waals surface area (Å²) in [6, 6.07) is 10.3. The lowest BCUT2D eigenvalue weighted by molar-refractivity contribution is 0.190. The Labute approximate surface area is 194 Å². The first-order valence-electron chi connectivity index (χ1n) is 11.0. The Hall–Kier alpha value is -2.75. The summed E-state index contributed by atoms with van der Waals surface area (Å²) in [4.78, 5) is 9.64. The van der Waals surface area contributed by atoms with Gasteiger partial charge in [-0.15, -0.1) is 0 Å². The van der Waals surface area contributed by atoms with Crippen molar-refractivity contribution in [2.45, 2.75) is 49.6 Å². The fourth-order valence-electron chi connectivity index (χ4n) is 4.23. The van der Waals surface area contributed by atoms with Crippen molar-refractivity contribution < 1.29 is 17.9 Å². The number of methoxy groups -OCH3 is 2. The summed E-state index contributed by atoms with van der Waals surface area (Å²) in [5.74, 6) is 1.71. The number of rotatable bonds is 10. The average Bonchev–Trinajstić information content (AvgIpc) is 3.28. The van der Waals surface area contributed by atoms with Crippen LogP contribution in [0, 0.1) is 13.8 Å². The number of nitrogens with zero attached hydrogens (tertiary/aromatic N) is 4. The van der Waals surface area contributed by atoms with Crippen molar-refractivity contribution in [3.8, 4) is 0 Å². The van der Waals surface area contributed by atoms with E-state index in [2.05, 4.69) is 19.1 Å². The minimum Gasteiger partial charge on any atom is -0.385 e. The van der Waals surface area contributed by atoms with Crippen LogP contribution in [0.4, 0.5) is 0 Å². The molecule has 0 spiro atoms. The quantitative estimate of drug-likeness (QED) is 0.327. The molecule has 8 nitrogen and oxygen atoms in total. The predicted molar refractivity (Wildman–Crippen MR) is 127 cm³/mol. The third-order valence-electron chi connectivity index (χ3n) is 5.90. The highest BCUT2D eigenvalue weighted by Gasteiger charge is 2.21. The highest BCUT2D eigenvalue weighted by molar-refractivity contribution is 7.91. The smallest absolute Gasteiger partial charge is 0.206 e. The van der Waals surface area contributed by atoms with Crippen molar-refractivity contribution in [3.63, 3.8) is 0 Å². The molecule has 0 atom stereocenters. The van der Waals surface area contributed by atoms with E-state index in [0.29, 0.717) is 24.2 Å². The Morgan fingerprint density at radius 1 is 0.758 bits per heavy atom. The molecule has 0 bridgehead atoms. The molecule has 4 aromatic rings. The topological polar surface area (TPSA) is 88.2 Å². The molecule has 0 unspecified atom stereocenters. The van der Waals surface area contributed by atoms with E-state index in [0.717, 1.165) is 48.6 Å². The maximum atomic E-state index is 13.4. The molecule has 0 aliphatic heterocycles. The summed E-state index contributed by atoms with van der Waals surface area (Å²) < 4.78 is 41.3. The summed E-state index contributed by atoms with van der Waals surface area (Å²) >= 11 is 0. The van der Waals surface area contributed by atoms with E-state index in [1.54, 1.807) is 38.5 Å².